The van der Waals surface area contributed by atoms with E-state index in [0.717, 1.165) is 32.0 Å². The van der Waals surface area contributed by atoms with Crippen LogP contribution in [0, 0.1) is 11.8 Å². The van der Waals surface area contributed by atoms with Gasteiger partial charge >= 0.3 is 5.69 Å². The van der Waals surface area contributed by atoms with E-state index in [1.54, 1.807) is 7.05 Å². The quantitative estimate of drug-likeness (QED) is 0.665. The highest BCUT2D eigenvalue weighted by Gasteiger charge is 2.28. The van der Waals surface area contributed by atoms with Crippen molar-refractivity contribution in [1.82, 2.24) is 18.7 Å². The fourth-order valence-electron chi connectivity index (χ4n) is 4.23. The summed E-state index contributed by atoms with van der Waals surface area (Å²) in [6, 6.07) is 10.4. The maximum Gasteiger partial charge on any atom is 0.332 e. The van der Waals surface area contributed by atoms with Crippen molar-refractivity contribution in [2.24, 2.45) is 18.9 Å². The summed E-state index contributed by atoms with van der Waals surface area (Å²) in [5.74, 6) is 1.40. The molecular formula is C22H29N5O2. The molecule has 29 heavy (non-hydrogen) atoms. The van der Waals surface area contributed by atoms with Crippen LogP contribution in [-0.4, -0.2) is 31.8 Å². The summed E-state index contributed by atoms with van der Waals surface area (Å²) in [6.07, 6.45) is 0.910. The van der Waals surface area contributed by atoms with Crippen molar-refractivity contribution in [2.75, 3.05) is 18.0 Å². The van der Waals surface area contributed by atoms with Gasteiger partial charge in [0.05, 0.1) is 0 Å². The summed E-state index contributed by atoms with van der Waals surface area (Å²) in [5, 5.41) is 0. The van der Waals surface area contributed by atoms with Crippen molar-refractivity contribution in [2.45, 2.75) is 40.3 Å². The van der Waals surface area contributed by atoms with Crippen LogP contribution in [-0.2, 0) is 26.6 Å². The van der Waals surface area contributed by atoms with Crippen molar-refractivity contribution < 1.29 is 0 Å². The van der Waals surface area contributed by atoms with Crippen LogP contribution in [0.5, 0.6) is 0 Å². The fourth-order valence-corrected chi connectivity index (χ4v) is 4.23. The molecule has 0 amide bonds. The minimum Gasteiger partial charge on any atom is -0.342 e. The molecule has 1 aromatic carbocycles. The van der Waals surface area contributed by atoms with Crippen molar-refractivity contribution in [3.05, 3.63) is 56.7 Å². The maximum absolute atomic E-state index is 13.2. The Bertz CT molecular complexity index is 1140. The van der Waals surface area contributed by atoms with Crippen molar-refractivity contribution in [1.29, 1.82) is 0 Å². The van der Waals surface area contributed by atoms with E-state index in [1.165, 1.54) is 14.7 Å². The molecule has 0 unspecified atom stereocenters. The zero-order valence-electron chi connectivity index (χ0n) is 17.6. The summed E-state index contributed by atoms with van der Waals surface area (Å²) in [5.41, 5.74) is 1.77. The predicted molar refractivity (Wildman–Crippen MR) is 116 cm³/mol. The molecule has 0 radical (unpaired) electrons. The van der Waals surface area contributed by atoms with Crippen LogP contribution in [0.25, 0.3) is 11.2 Å². The van der Waals surface area contributed by atoms with Crippen LogP contribution in [0.2, 0.25) is 0 Å². The molecule has 3 aromatic rings. The molecule has 7 heteroatoms. The molecule has 154 valence electrons. The number of aryl methyl sites for hydroxylation is 1. The van der Waals surface area contributed by atoms with E-state index < -0.39 is 0 Å². The highest BCUT2D eigenvalue weighted by molar-refractivity contribution is 5.75. The molecule has 0 saturated heterocycles. The summed E-state index contributed by atoms with van der Waals surface area (Å²) >= 11 is 0. The standard InChI is InChI=1S/C22H29N5O2/c1-15(2)12-27-20(28)18-19(24(4)22(27)29)23-21-25(13-16(3)14-26(18)21)11-10-17-8-6-5-7-9-17/h5-9,15-16H,10-14H2,1-4H3/t16-/m1/s1. The zero-order chi connectivity index (χ0) is 20.7. The van der Waals surface area contributed by atoms with Gasteiger partial charge in [-0.05, 0) is 23.8 Å². The second-order valence-electron chi connectivity index (χ2n) is 8.63. The molecule has 7 nitrogen and oxygen atoms in total. The Balaban J connectivity index is 1.80. The number of fused-ring (bicyclic) bond motifs is 3. The fraction of sp³-hybridized carbons (Fsp3) is 0.500. The molecule has 1 aliphatic rings. The molecule has 1 aliphatic heterocycles. The summed E-state index contributed by atoms with van der Waals surface area (Å²) < 4.78 is 4.90. The lowest BCUT2D eigenvalue weighted by Crippen LogP contribution is -2.42. The second-order valence-corrected chi connectivity index (χ2v) is 8.63. The van der Waals surface area contributed by atoms with Gasteiger partial charge < -0.3 is 9.47 Å². The van der Waals surface area contributed by atoms with Crippen LogP contribution >= 0.6 is 0 Å². The average Bonchev–Trinajstić information content (AvgIpc) is 3.08. The molecule has 0 bridgehead atoms. The summed E-state index contributed by atoms with van der Waals surface area (Å²) in [7, 11) is 1.71. The van der Waals surface area contributed by atoms with Gasteiger partial charge in [-0.1, -0.05) is 51.1 Å². The Labute approximate surface area is 170 Å². The lowest BCUT2D eigenvalue weighted by atomic mass is 10.1. The van der Waals surface area contributed by atoms with E-state index in [2.05, 4.69) is 36.1 Å². The summed E-state index contributed by atoms with van der Waals surface area (Å²) in [4.78, 5) is 33.0. The molecule has 1 atom stereocenters. The lowest BCUT2D eigenvalue weighted by molar-refractivity contribution is 0.435. The van der Waals surface area contributed by atoms with Crippen LogP contribution in [0.4, 0.5) is 5.95 Å². The summed E-state index contributed by atoms with van der Waals surface area (Å²) in [6.45, 7) is 9.08. The Morgan fingerprint density at radius 3 is 2.55 bits per heavy atom. The van der Waals surface area contributed by atoms with Gasteiger partial charge in [-0.3, -0.25) is 13.9 Å². The Morgan fingerprint density at radius 1 is 1.14 bits per heavy atom. The third kappa shape index (κ3) is 3.50. The first kappa shape index (κ1) is 19.5. The third-order valence-corrected chi connectivity index (χ3v) is 5.58. The molecule has 4 rings (SSSR count). The zero-order valence-corrected chi connectivity index (χ0v) is 17.6. The number of imidazole rings is 1. The molecular weight excluding hydrogens is 366 g/mol. The lowest BCUT2D eigenvalue weighted by Gasteiger charge is -2.33. The highest BCUT2D eigenvalue weighted by atomic mass is 16.2. The van der Waals surface area contributed by atoms with Crippen LogP contribution in [0.3, 0.4) is 0 Å². The number of aromatic nitrogens is 4. The maximum atomic E-state index is 13.2. The number of hydrogen-bond donors (Lipinski definition) is 0. The first-order valence-electron chi connectivity index (χ1n) is 10.4. The SMILES string of the molecule is CC(C)Cn1c(=O)c2c(nc3n2C[C@H](C)CN3CCc2ccccc2)n(C)c1=O. The van der Waals surface area contributed by atoms with Gasteiger partial charge in [-0.15, -0.1) is 0 Å². The van der Waals surface area contributed by atoms with Gasteiger partial charge in [0.2, 0.25) is 5.95 Å². The van der Waals surface area contributed by atoms with Gasteiger partial charge in [0.15, 0.2) is 11.2 Å². The third-order valence-electron chi connectivity index (χ3n) is 5.58. The second kappa shape index (κ2) is 7.54. The molecule has 0 spiro atoms. The van der Waals surface area contributed by atoms with Crippen LogP contribution in [0.1, 0.15) is 26.3 Å². The topological polar surface area (TPSA) is 65.1 Å². The largest absolute Gasteiger partial charge is 0.342 e. The van der Waals surface area contributed by atoms with E-state index in [1.807, 2.05) is 24.5 Å². The molecule has 2 aromatic heterocycles. The number of anilines is 1. The average molecular weight is 396 g/mol. The van der Waals surface area contributed by atoms with Gasteiger partial charge in [-0.25, -0.2) is 4.79 Å². The smallest absolute Gasteiger partial charge is 0.332 e. The van der Waals surface area contributed by atoms with Gasteiger partial charge in [-0.2, -0.15) is 4.98 Å². The molecule has 3 heterocycles. The molecule has 0 saturated carbocycles. The molecule has 0 fully saturated rings. The minimum atomic E-state index is -0.296. The number of benzene rings is 1. The van der Waals surface area contributed by atoms with E-state index in [4.69, 9.17) is 4.98 Å². The highest BCUT2D eigenvalue weighted by Crippen LogP contribution is 2.27. The van der Waals surface area contributed by atoms with Crippen molar-refractivity contribution in [3.8, 4) is 0 Å². The predicted octanol–water partition coefficient (Wildman–Crippen LogP) is 2.25. The number of nitrogens with zero attached hydrogens (tertiary/aromatic N) is 5. The van der Waals surface area contributed by atoms with Gasteiger partial charge in [0.25, 0.3) is 5.56 Å². The van der Waals surface area contributed by atoms with Crippen LogP contribution in [0.15, 0.2) is 39.9 Å². The molecule has 0 aliphatic carbocycles. The van der Waals surface area contributed by atoms with Crippen molar-refractivity contribution in [3.63, 3.8) is 0 Å². The first-order valence-corrected chi connectivity index (χ1v) is 10.4. The Hall–Kier alpha value is -2.83. The van der Waals surface area contributed by atoms with Gasteiger partial charge in [0, 0.05) is 33.2 Å². The van der Waals surface area contributed by atoms with E-state index in [9.17, 15) is 9.59 Å². The van der Waals surface area contributed by atoms with Crippen LogP contribution < -0.4 is 16.1 Å². The monoisotopic (exact) mass is 395 g/mol. The van der Waals surface area contributed by atoms with Crippen molar-refractivity contribution >= 4 is 17.1 Å². The molecule has 0 N–H and O–H groups in total. The Kier molecular flexibility index (Phi) is 5.06. The number of rotatable bonds is 5. The van der Waals surface area contributed by atoms with E-state index in [-0.39, 0.29) is 17.2 Å². The van der Waals surface area contributed by atoms with E-state index >= 15 is 0 Å². The van der Waals surface area contributed by atoms with E-state index in [0.29, 0.717) is 23.6 Å². The van der Waals surface area contributed by atoms with Gasteiger partial charge in [0.1, 0.15) is 0 Å². The minimum absolute atomic E-state index is 0.211. The number of hydrogen-bond acceptors (Lipinski definition) is 4. The Morgan fingerprint density at radius 2 is 1.86 bits per heavy atom. The first-order chi connectivity index (χ1) is 13.9. The normalized spacial score (nSPS) is 16.6.